The maximum Gasteiger partial charge on any atom is 0.271 e. The minimum absolute atomic E-state index is 0.357. The van der Waals surface area contributed by atoms with Crippen LogP contribution in [0.25, 0.3) is 0 Å². The van der Waals surface area contributed by atoms with Crippen LogP contribution in [0.1, 0.15) is 13.3 Å². The van der Waals surface area contributed by atoms with Crippen molar-refractivity contribution < 1.29 is 4.79 Å². The van der Waals surface area contributed by atoms with Crippen LogP contribution in [0.15, 0.2) is 23.0 Å². The average Bonchev–Trinajstić information content (AvgIpc) is 2.02. The third kappa shape index (κ3) is 3.85. The Kier molecular flexibility index (Phi) is 4.65. The second-order valence-corrected chi connectivity index (χ2v) is 3.17. The van der Waals surface area contributed by atoms with Crippen LogP contribution < -0.4 is 11.3 Å². The van der Waals surface area contributed by atoms with E-state index in [4.69, 9.17) is 5.84 Å². The van der Waals surface area contributed by atoms with Crippen LogP contribution in [-0.2, 0) is 4.79 Å². The number of carbonyl (C=O) groups excluding carboxylic acids is 1. The number of carbonyl (C=O) groups is 1. The SMILES string of the molecule is C=C(CC)SC(=C)C(=O)NN. The lowest BCUT2D eigenvalue weighted by atomic mass is 10.5. The molecule has 0 aliphatic heterocycles. The van der Waals surface area contributed by atoms with E-state index in [1.807, 2.05) is 12.3 Å². The van der Waals surface area contributed by atoms with E-state index in [9.17, 15) is 4.79 Å². The summed E-state index contributed by atoms with van der Waals surface area (Å²) in [5.41, 5.74) is 1.99. The van der Waals surface area contributed by atoms with E-state index in [0.717, 1.165) is 11.3 Å². The summed E-state index contributed by atoms with van der Waals surface area (Å²) in [6, 6.07) is 0. The number of thioether (sulfide) groups is 1. The van der Waals surface area contributed by atoms with Gasteiger partial charge in [0.15, 0.2) is 0 Å². The first-order chi connectivity index (χ1) is 5.11. The molecule has 0 atom stereocenters. The highest BCUT2D eigenvalue weighted by Gasteiger charge is 2.05. The Balaban J connectivity index is 3.88. The minimum Gasteiger partial charge on any atom is -0.290 e. The molecule has 11 heavy (non-hydrogen) atoms. The van der Waals surface area contributed by atoms with Crippen LogP contribution in [0, 0.1) is 0 Å². The van der Waals surface area contributed by atoms with Crippen molar-refractivity contribution in [1.82, 2.24) is 5.43 Å². The van der Waals surface area contributed by atoms with E-state index in [2.05, 4.69) is 13.2 Å². The molecule has 0 radical (unpaired) electrons. The summed E-state index contributed by atoms with van der Waals surface area (Å²) < 4.78 is 0. The molecule has 0 saturated heterocycles. The van der Waals surface area contributed by atoms with Crippen molar-refractivity contribution in [3.05, 3.63) is 23.0 Å². The number of hydrogen-bond donors (Lipinski definition) is 2. The zero-order chi connectivity index (χ0) is 8.85. The van der Waals surface area contributed by atoms with Crippen molar-refractivity contribution in [2.75, 3.05) is 0 Å². The quantitative estimate of drug-likeness (QED) is 0.289. The molecule has 0 unspecified atom stereocenters. The predicted molar refractivity (Wildman–Crippen MR) is 48.5 cm³/mol. The van der Waals surface area contributed by atoms with Crippen LogP contribution in [0.4, 0.5) is 0 Å². The number of amides is 1. The Bertz CT molecular complexity index is 189. The summed E-state index contributed by atoms with van der Waals surface area (Å²) >= 11 is 1.25. The summed E-state index contributed by atoms with van der Waals surface area (Å²) in [5, 5.41) is 0. The van der Waals surface area contributed by atoms with Gasteiger partial charge in [0.05, 0.1) is 4.91 Å². The molecule has 0 aromatic carbocycles. The Morgan fingerprint density at radius 1 is 1.64 bits per heavy atom. The Morgan fingerprint density at radius 2 is 2.18 bits per heavy atom. The van der Waals surface area contributed by atoms with E-state index in [1.54, 1.807) is 0 Å². The first-order valence-electron chi connectivity index (χ1n) is 3.17. The van der Waals surface area contributed by atoms with Gasteiger partial charge in [-0.2, -0.15) is 0 Å². The van der Waals surface area contributed by atoms with E-state index in [-0.39, 0.29) is 5.91 Å². The number of nitrogens with one attached hydrogen (secondary N) is 1. The number of rotatable bonds is 4. The smallest absolute Gasteiger partial charge is 0.271 e. The lowest BCUT2D eigenvalue weighted by molar-refractivity contribution is -0.116. The molecule has 3 nitrogen and oxygen atoms in total. The second kappa shape index (κ2) is 4.98. The van der Waals surface area contributed by atoms with Crippen LogP contribution in [0.5, 0.6) is 0 Å². The van der Waals surface area contributed by atoms with Crippen LogP contribution >= 0.6 is 11.8 Å². The molecule has 0 saturated carbocycles. The van der Waals surface area contributed by atoms with Gasteiger partial charge in [-0.1, -0.05) is 31.8 Å². The van der Waals surface area contributed by atoms with E-state index in [1.165, 1.54) is 11.8 Å². The molecule has 0 aliphatic rings. The maximum atomic E-state index is 10.8. The molecule has 0 bridgehead atoms. The number of nitrogens with two attached hydrogens (primary N) is 1. The van der Waals surface area contributed by atoms with Crippen molar-refractivity contribution in [2.45, 2.75) is 13.3 Å². The molecule has 1 amide bonds. The highest BCUT2D eigenvalue weighted by Crippen LogP contribution is 2.24. The molecule has 62 valence electrons. The van der Waals surface area contributed by atoms with E-state index >= 15 is 0 Å². The molecule has 0 aromatic heterocycles. The Labute approximate surface area is 70.7 Å². The summed E-state index contributed by atoms with van der Waals surface area (Å²) in [7, 11) is 0. The average molecular weight is 172 g/mol. The van der Waals surface area contributed by atoms with Crippen molar-refractivity contribution >= 4 is 17.7 Å². The molecular weight excluding hydrogens is 160 g/mol. The molecular formula is C7H12N2OS. The van der Waals surface area contributed by atoms with Gasteiger partial charge in [0.2, 0.25) is 0 Å². The Hall–Kier alpha value is -0.740. The molecule has 0 spiro atoms. The summed E-state index contributed by atoms with van der Waals surface area (Å²) in [4.78, 5) is 12.0. The van der Waals surface area contributed by atoms with Gasteiger partial charge >= 0.3 is 0 Å². The van der Waals surface area contributed by atoms with Crippen LogP contribution in [0.3, 0.4) is 0 Å². The summed E-state index contributed by atoms with van der Waals surface area (Å²) in [5.74, 6) is 4.53. The first-order valence-corrected chi connectivity index (χ1v) is 3.99. The fourth-order valence-corrected chi connectivity index (χ4v) is 1.02. The normalized spacial score (nSPS) is 8.91. The lowest BCUT2D eigenvalue weighted by Crippen LogP contribution is -2.30. The zero-order valence-corrected chi connectivity index (χ0v) is 7.33. The van der Waals surface area contributed by atoms with Gasteiger partial charge in [-0.05, 0) is 11.3 Å². The van der Waals surface area contributed by atoms with Gasteiger partial charge in [0.25, 0.3) is 5.91 Å². The zero-order valence-electron chi connectivity index (χ0n) is 6.52. The topological polar surface area (TPSA) is 55.1 Å². The van der Waals surface area contributed by atoms with Crippen molar-refractivity contribution in [3.8, 4) is 0 Å². The number of hydrogen-bond acceptors (Lipinski definition) is 3. The predicted octanol–water partition coefficient (Wildman–Crippen LogP) is 1.15. The largest absolute Gasteiger partial charge is 0.290 e. The van der Waals surface area contributed by atoms with E-state index in [0.29, 0.717) is 4.91 Å². The fourth-order valence-electron chi connectivity index (χ4n) is 0.373. The van der Waals surface area contributed by atoms with Gasteiger partial charge in [0.1, 0.15) is 0 Å². The molecule has 0 rings (SSSR count). The van der Waals surface area contributed by atoms with Gasteiger partial charge < -0.3 is 0 Å². The molecule has 0 heterocycles. The minimum atomic E-state index is -0.357. The molecule has 3 N–H and O–H groups in total. The fraction of sp³-hybridized carbons (Fsp3) is 0.286. The second-order valence-electron chi connectivity index (χ2n) is 1.89. The molecule has 0 aliphatic carbocycles. The third-order valence-electron chi connectivity index (χ3n) is 1.05. The van der Waals surface area contributed by atoms with Gasteiger partial charge in [-0.15, -0.1) is 0 Å². The first kappa shape index (κ1) is 10.3. The third-order valence-corrected chi connectivity index (χ3v) is 2.06. The van der Waals surface area contributed by atoms with E-state index < -0.39 is 0 Å². The van der Waals surface area contributed by atoms with Gasteiger partial charge in [-0.25, -0.2) is 5.84 Å². The summed E-state index contributed by atoms with van der Waals surface area (Å²) in [6.07, 6.45) is 0.821. The van der Waals surface area contributed by atoms with Crippen molar-refractivity contribution in [1.29, 1.82) is 0 Å². The number of allylic oxidation sites excluding steroid dienone is 1. The highest BCUT2D eigenvalue weighted by molar-refractivity contribution is 8.07. The van der Waals surface area contributed by atoms with Crippen LogP contribution in [-0.4, -0.2) is 5.91 Å². The summed E-state index contributed by atoms with van der Waals surface area (Å²) in [6.45, 7) is 9.20. The molecule has 4 heteroatoms. The Morgan fingerprint density at radius 3 is 2.55 bits per heavy atom. The standard InChI is InChI=1S/C7H12N2OS/c1-4-5(2)11-6(3)7(10)9-8/h2-4,8H2,1H3,(H,9,10). The molecule has 0 aromatic rings. The van der Waals surface area contributed by atoms with Gasteiger partial charge in [0, 0.05) is 0 Å². The number of hydrazine groups is 1. The maximum absolute atomic E-state index is 10.8. The van der Waals surface area contributed by atoms with Gasteiger partial charge in [-0.3, -0.25) is 10.2 Å². The van der Waals surface area contributed by atoms with Crippen LogP contribution in [0.2, 0.25) is 0 Å². The van der Waals surface area contributed by atoms with Crippen molar-refractivity contribution in [3.63, 3.8) is 0 Å². The molecule has 0 fully saturated rings. The van der Waals surface area contributed by atoms with Crippen molar-refractivity contribution in [2.24, 2.45) is 5.84 Å². The monoisotopic (exact) mass is 172 g/mol. The highest BCUT2D eigenvalue weighted by atomic mass is 32.2. The lowest BCUT2D eigenvalue weighted by Gasteiger charge is -2.03.